The predicted molar refractivity (Wildman–Crippen MR) is 171 cm³/mol. The third-order valence-corrected chi connectivity index (χ3v) is 7.39. The summed E-state index contributed by atoms with van der Waals surface area (Å²) in [4.78, 5) is 33.7. The van der Waals surface area contributed by atoms with E-state index in [4.69, 9.17) is 9.72 Å². The second kappa shape index (κ2) is 13.2. The molecule has 0 radical (unpaired) electrons. The molecule has 43 heavy (non-hydrogen) atoms. The second-order valence-electron chi connectivity index (χ2n) is 10.8. The summed E-state index contributed by atoms with van der Waals surface area (Å²) in [6.45, 7) is 6.36. The van der Waals surface area contributed by atoms with Crippen molar-refractivity contribution in [1.82, 2.24) is 14.5 Å². The molecule has 0 aliphatic rings. The van der Waals surface area contributed by atoms with Crippen molar-refractivity contribution in [3.05, 3.63) is 132 Å². The minimum Gasteiger partial charge on any atom is -0.497 e. The normalized spacial score (nSPS) is 10.9. The molecule has 7 nitrogen and oxygen atoms in total. The molecule has 0 atom stereocenters. The lowest BCUT2D eigenvalue weighted by atomic mass is 10.0. The van der Waals surface area contributed by atoms with Gasteiger partial charge in [0.2, 0.25) is 11.9 Å². The molecule has 218 valence electrons. The van der Waals surface area contributed by atoms with Gasteiger partial charge in [-0.25, -0.2) is 4.98 Å². The molecule has 4 aromatic carbocycles. The molecule has 7 heteroatoms. The summed E-state index contributed by atoms with van der Waals surface area (Å²) in [7, 11) is 1.63. The highest BCUT2D eigenvalue weighted by Gasteiger charge is 2.22. The number of methoxy groups -OCH3 is 1. The number of aryl methyl sites for hydroxylation is 1. The maximum atomic E-state index is 13.7. The SMILES string of the molecule is COc1ccc(-c2cn(-c3ccc(C(C)C)cc3)c(NC(=O)CN(Cc3ccccc3)C(=O)c3ccccc3C)n2)cc1. The van der Waals surface area contributed by atoms with Crippen molar-refractivity contribution in [2.75, 3.05) is 19.0 Å². The fourth-order valence-electron chi connectivity index (χ4n) is 4.91. The van der Waals surface area contributed by atoms with Gasteiger partial charge >= 0.3 is 0 Å². The Hall–Kier alpha value is -5.17. The number of nitrogens with zero attached hydrogens (tertiary/aromatic N) is 3. The number of anilines is 1. The lowest BCUT2D eigenvalue weighted by Crippen LogP contribution is -2.38. The van der Waals surface area contributed by atoms with Crippen LogP contribution in [0.4, 0.5) is 5.95 Å². The number of carbonyl (C=O) groups is 2. The molecule has 2 amide bonds. The molecular weight excluding hydrogens is 536 g/mol. The first-order valence-corrected chi connectivity index (χ1v) is 14.3. The summed E-state index contributed by atoms with van der Waals surface area (Å²) < 4.78 is 7.18. The highest BCUT2D eigenvalue weighted by atomic mass is 16.5. The molecular formula is C36H36N4O3. The highest BCUT2D eigenvalue weighted by molar-refractivity contribution is 6.00. The Bertz CT molecular complexity index is 1690. The summed E-state index contributed by atoms with van der Waals surface area (Å²) in [5.41, 5.74) is 6.03. The first-order chi connectivity index (χ1) is 20.8. The van der Waals surface area contributed by atoms with Gasteiger partial charge in [0, 0.05) is 29.6 Å². The van der Waals surface area contributed by atoms with Gasteiger partial charge in [0.05, 0.1) is 12.8 Å². The third-order valence-electron chi connectivity index (χ3n) is 7.39. The Labute approximate surface area is 252 Å². The minimum atomic E-state index is -0.343. The van der Waals surface area contributed by atoms with Gasteiger partial charge in [-0.3, -0.25) is 19.5 Å². The molecule has 0 saturated carbocycles. The van der Waals surface area contributed by atoms with Gasteiger partial charge in [-0.2, -0.15) is 0 Å². The van der Waals surface area contributed by atoms with Crippen molar-refractivity contribution in [3.8, 4) is 22.7 Å². The number of aromatic nitrogens is 2. The number of nitrogens with one attached hydrogen (secondary N) is 1. The molecule has 1 heterocycles. The van der Waals surface area contributed by atoms with Crippen LogP contribution in [0.15, 0.2) is 109 Å². The summed E-state index contributed by atoms with van der Waals surface area (Å²) in [5, 5.41) is 2.99. The van der Waals surface area contributed by atoms with Gasteiger partial charge in [0.15, 0.2) is 0 Å². The van der Waals surface area contributed by atoms with Crippen LogP contribution < -0.4 is 10.1 Å². The average Bonchev–Trinajstić information content (AvgIpc) is 3.44. The van der Waals surface area contributed by atoms with Gasteiger partial charge in [-0.05, 0) is 72.0 Å². The Morgan fingerprint density at radius 1 is 0.884 bits per heavy atom. The number of benzene rings is 4. The number of amides is 2. The Morgan fingerprint density at radius 2 is 1.56 bits per heavy atom. The Morgan fingerprint density at radius 3 is 2.21 bits per heavy atom. The van der Waals surface area contributed by atoms with Crippen molar-refractivity contribution in [2.45, 2.75) is 33.2 Å². The van der Waals surface area contributed by atoms with Crippen LogP contribution in [0.3, 0.4) is 0 Å². The van der Waals surface area contributed by atoms with E-state index in [1.165, 1.54) is 5.56 Å². The Kier molecular flexibility index (Phi) is 9.01. The standard InChI is InChI=1S/C36H36N4O3/c1-25(2)28-14-18-30(19-15-28)40-23-33(29-16-20-31(43-4)21-17-29)37-36(40)38-34(41)24-39(22-27-11-6-5-7-12-27)35(42)32-13-9-8-10-26(32)3/h5-21,23,25H,22,24H2,1-4H3,(H,37,38,41). The first kappa shape index (κ1) is 29.3. The number of carbonyl (C=O) groups excluding carboxylic acids is 2. The summed E-state index contributed by atoms with van der Waals surface area (Å²) in [6, 6.07) is 32.9. The number of imidazole rings is 1. The Balaban J connectivity index is 1.46. The van der Waals surface area contributed by atoms with Crippen LogP contribution in [0.25, 0.3) is 16.9 Å². The fourth-order valence-corrected chi connectivity index (χ4v) is 4.91. The molecule has 0 fully saturated rings. The van der Waals surface area contributed by atoms with Crippen molar-refractivity contribution in [1.29, 1.82) is 0 Å². The van der Waals surface area contributed by atoms with E-state index in [1.54, 1.807) is 18.1 Å². The van der Waals surface area contributed by atoms with Crippen LogP contribution >= 0.6 is 0 Å². The first-order valence-electron chi connectivity index (χ1n) is 14.3. The molecule has 1 N–H and O–H groups in total. The van der Waals surface area contributed by atoms with E-state index in [2.05, 4.69) is 31.3 Å². The van der Waals surface area contributed by atoms with Crippen molar-refractivity contribution in [3.63, 3.8) is 0 Å². The van der Waals surface area contributed by atoms with Gasteiger partial charge in [-0.15, -0.1) is 0 Å². The third kappa shape index (κ3) is 7.01. The molecule has 0 aliphatic heterocycles. The van der Waals surface area contributed by atoms with Crippen LogP contribution in [-0.4, -0.2) is 39.9 Å². The molecule has 5 aromatic rings. The summed E-state index contributed by atoms with van der Waals surface area (Å²) >= 11 is 0. The number of hydrogen-bond acceptors (Lipinski definition) is 4. The molecule has 0 bridgehead atoms. The topological polar surface area (TPSA) is 76.5 Å². The fraction of sp³-hybridized carbons (Fsp3) is 0.194. The zero-order chi connectivity index (χ0) is 30.3. The van der Waals surface area contributed by atoms with Crippen LogP contribution in [0.5, 0.6) is 5.75 Å². The molecule has 0 unspecified atom stereocenters. The van der Waals surface area contributed by atoms with Gasteiger partial charge in [0.25, 0.3) is 5.91 Å². The van der Waals surface area contributed by atoms with E-state index < -0.39 is 0 Å². The van der Waals surface area contributed by atoms with Crippen LogP contribution in [0, 0.1) is 6.92 Å². The second-order valence-corrected chi connectivity index (χ2v) is 10.8. The number of ether oxygens (including phenoxy) is 1. The van der Waals surface area contributed by atoms with E-state index in [9.17, 15) is 9.59 Å². The van der Waals surface area contributed by atoms with Crippen molar-refractivity contribution < 1.29 is 14.3 Å². The van der Waals surface area contributed by atoms with Crippen molar-refractivity contribution in [2.24, 2.45) is 0 Å². The lowest BCUT2D eigenvalue weighted by molar-refractivity contribution is -0.117. The van der Waals surface area contributed by atoms with Crippen LogP contribution in [0.2, 0.25) is 0 Å². The maximum Gasteiger partial charge on any atom is 0.254 e. The van der Waals surface area contributed by atoms with Crippen LogP contribution in [-0.2, 0) is 11.3 Å². The zero-order valence-electron chi connectivity index (χ0n) is 25.0. The molecule has 0 spiro atoms. The van der Waals surface area contributed by atoms with E-state index in [0.29, 0.717) is 29.7 Å². The quantitative estimate of drug-likeness (QED) is 0.191. The molecule has 0 aliphatic carbocycles. The summed E-state index contributed by atoms with van der Waals surface area (Å²) in [5.74, 6) is 0.967. The number of rotatable bonds is 10. The van der Waals surface area contributed by atoms with Crippen molar-refractivity contribution >= 4 is 17.8 Å². The van der Waals surface area contributed by atoms with Gasteiger partial charge < -0.3 is 9.64 Å². The molecule has 5 rings (SSSR count). The summed E-state index contributed by atoms with van der Waals surface area (Å²) in [6.07, 6.45) is 1.90. The van der Waals surface area contributed by atoms with Gasteiger partial charge in [0.1, 0.15) is 12.3 Å². The predicted octanol–water partition coefficient (Wildman–Crippen LogP) is 7.26. The minimum absolute atomic E-state index is 0.140. The van der Waals surface area contributed by atoms with E-state index in [-0.39, 0.29) is 18.4 Å². The monoisotopic (exact) mass is 572 g/mol. The zero-order valence-corrected chi connectivity index (χ0v) is 25.0. The average molecular weight is 573 g/mol. The van der Waals surface area contributed by atoms with E-state index in [0.717, 1.165) is 28.1 Å². The smallest absolute Gasteiger partial charge is 0.254 e. The molecule has 0 saturated heterocycles. The van der Waals surface area contributed by atoms with E-state index in [1.807, 2.05) is 103 Å². The highest BCUT2D eigenvalue weighted by Crippen LogP contribution is 2.27. The van der Waals surface area contributed by atoms with Crippen LogP contribution in [0.1, 0.15) is 46.8 Å². The molecule has 1 aromatic heterocycles. The number of hydrogen-bond donors (Lipinski definition) is 1. The van der Waals surface area contributed by atoms with E-state index >= 15 is 0 Å². The lowest BCUT2D eigenvalue weighted by Gasteiger charge is -2.23. The maximum absolute atomic E-state index is 13.7. The largest absolute Gasteiger partial charge is 0.497 e. The van der Waals surface area contributed by atoms with Gasteiger partial charge in [-0.1, -0.05) is 74.5 Å².